The highest BCUT2D eigenvalue weighted by molar-refractivity contribution is 5.41. The van der Waals surface area contributed by atoms with Crippen LogP contribution >= 0.6 is 0 Å². The lowest BCUT2D eigenvalue weighted by Crippen LogP contribution is -2.39. The zero-order valence-corrected chi connectivity index (χ0v) is 14.2. The topological polar surface area (TPSA) is 53.9 Å². The van der Waals surface area contributed by atoms with Gasteiger partial charge in [-0.1, -0.05) is 13.0 Å². The highest BCUT2D eigenvalue weighted by atomic mass is 15.2. The predicted molar refractivity (Wildman–Crippen MR) is 94.0 cm³/mol. The van der Waals surface area contributed by atoms with Crippen molar-refractivity contribution < 1.29 is 0 Å². The molecule has 5 heteroatoms. The van der Waals surface area contributed by atoms with Crippen molar-refractivity contribution in [2.24, 2.45) is 0 Å². The average molecular weight is 311 g/mol. The summed E-state index contributed by atoms with van der Waals surface area (Å²) >= 11 is 0. The lowest BCUT2D eigenvalue weighted by Gasteiger charge is -2.33. The van der Waals surface area contributed by atoms with E-state index >= 15 is 0 Å². The van der Waals surface area contributed by atoms with Gasteiger partial charge in [-0.05, 0) is 45.2 Å². The summed E-state index contributed by atoms with van der Waals surface area (Å²) < 4.78 is 0. The molecule has 1 N–H and O–H groups in total. The monoisotopic (exact) mass is 311 g/mol. The van der Waals surface area contributed by atoms with Crippen LogP contribution in [0.3, 0.4) is 0 Å². The van der Waals surface area contributed by atoms with Crippen LogP contribution in [0.25, 0.3) is 0 Å². The molecule has 3 heterocycles. The molecule has 2 aromatic rings. The van der Waals surface area contributed by atoms with Crippen LogP contribution in [0.1, 0.15) is 37.0 Å². The summed E-state index contributed by atoms with van der Waals surface area (Å²) in [6, 6.07) is 8.76. The van der Waals surface area contributed by atoms with Crippen molar-refractivity contribution in [3.63, 3.8) is 0 Å². The molecule has 0 aromatic carbocycles. The van der Waals surface area contributed by atoms with E-state index in [1.807, 2.05) is 19.9 Å². The van der Waals surface area contributed by atoms with Crippen molar-refractivity contribution >= 4 is 11.6 Å². The molecule has 0 unspecified atom stereocenters. The van der Waals surface area contributed by atoms with Gasteiger partial charge in [0.1, 0.15) is 17.5 Å². The average Bonchev–Trinajstić information content (AvgIpc) is 2.55. The molecule has 2 aromatic heterocycles. The molecule has 5 nitrogen and oxygen atoms in total. The van der Waals surface area contributed by atoms with Crippen LogP contribution in [0.15, 0.2) is 24.3 Å². The summed E-state index contributed by atoms with van der Waals surface area (Å²) in [5.41, 5.74) is 2.17. The van der Waals surface area contributed by atoms with E-state index in [0.717, 1.165) is 61.2 Å². The summed E-state index contributed by atoms with van der Waals surface area (Å²) in [5.74, 6) is 2.89. The van der Waals surface area contributed by atoms with E-state index in [4.69, 9.17) is 0 Å². The predicted octanol–water partition coefficient (Wildman–Crippen LogP) is 3.13. The Morgan fingerprint density at radius 3 is 2.61 bits per heavy atom. The van der Waals surface area contributed by atoms with Crippen LogP contribution in [0, 0.1) is 13.8 Å². The van der Waals surface area contributed by atoms with Crippen molar-refractivity contribution in [3.05, 3.63) is 41.5 Å². The molecule has 0 aliphatic carbocycles. The second-order valence-electron chi connectivity index (χ2n) is 6.19. The van der Waals surface area contributed by atoms with Crippen molar-refractivity contribution in [2.75, 3.05) is 23.3 Å². The van der Waals surface area contributed by atoms with Crippen molar-refractivity contribution in [2.45, 2.75) is 46.1 Å². The lowest BCUT2D eigenvalue weighted by atomic mass is 10.0. The number of aromatic nitrogens is 3. The van der Waals surface area contributed by atoms with E-state index in [9.17, 15) is 0 Å². The van der Waals surface area contributed by atoms with Crippen molar-refractivity contribution in [1.82, 2.24) is 15.0 Å². The number of hydrogen-bond acceptors (Lipinski definition) is 5. The van der Waals surface area contributed by atoms with Gasteiger partial charge in [0.25, 0.3) is 0 Å². The fourth-order valence-electron chi connectivity index (χ4n) is 3.05. The van der Waals surface area contributed by atoms with Crippen LogP contribution < -0.4 is 10.2 Å². The SMILES string of the molecule is CCc1cc(NC2CCN(c3cccc(C)n3)CC2)nc(C)n1. The molecule has 23 heavy (non-hydrogen) atoms. The third kappa shape index (κ3) is 3.97. The number of nitrogens with zero attached hydrogens (tertiary/aromatic N) is 4. The number of nitrogens with one attached hydrogen (secondary N) is 1. The van der Waals surface area contributed by atoms with E-state index in [0.29, 0.717) is 6.04 Å². The summed E-state index contributed by atoms with van der Waals surface area (Å²) in [5, 5.41) is 3.58. The number of pyridine rings is 1. The van der Waals surface area contributed by atoms with E-state index in [-0.39, 0.29) is 0 Å². The number of anilines is 2. The third-order valence-corrected chi connectivity index (χ3v) is 4.30. The molecular weight excluding hydrogens is 286 g/mol. The minimum Gasteiger partial charge on any atom is -0.367 e. The lowest BCUT2D eigenvalue weighted by molar-refractivity contribution is 0.522. The minimum atomic E-state index is 0.468. The van der Waals surface area contributed by atoms with Gasteiger partial charge in [0, 0.05) is 36.6 Å². The van der Waals surface area contributed by atoms with E-state index in [2.05, 4.69) is 50.3 Å². The van der Waals surface area contributed by atoms with Crippen molar-refractivity contribution in [1.29, 1.82) is 0 Å². The third-order valence-electron chi connectivity index (χ3n) is 4.30. The molecule has 0 saturated carbocycles. The summed E-state index contributed by atoms with van der Waals surface area (Å²) in [4.78, 5) is 15.9. The Hall–Kier alpha value is -2.17. The molecule has 1 saturated heterocycles. The minimum absolute atomic E-state index is 0.468. The second kappa shape index (κ2) is 6.94. The van der Waals surface area contributed by atoms with Gasteiger partial charge in [-0.15, -0.1) is 0 Å². The molecule has 0 amide bonds. The maximum atomic E-state index is 4.63. The Bertz CT molecular complexity index is 662. The van der Waals surface area contributed by atoms with Crippen LogP contribution in [0.5, 0.6) is 0 Å². The molecule has 0 spiro atoms. The summed E-state index contributed by atoms with van der Waals surface area (Å²) in [6.45, 7) is 8.17. The first kappa shape index (κ1) is 15.7. The molecule has 1 fully saturated rings. The Labute approximate surface area is 138 Å². The molecular formula is C18H25N5. The first-order valence-corrected chi connectivity index (χ1v) is 8.43. The number of piperidine rings is 1. The number of hydrogen-bond donors (Lipinski definition) is 1. The van der Waals surface area contributed by atoms with Gasteiger partial charge in [0.2, 0.25) is 0 Å². The van der Waals surface area contributed by atoms with Crippen LogP contribution in [-0.2, 0) is 6.42 Å². The number of aryl methyl sites for hydroxylation is 3. The fraction of sp³-hybridized carbons (Fsp3) is 0.500. The van der Waals surface area contributed by atoms with Crippen LogP contribution in [-0.4, -0.2) is 34.1 Å². The zero-order valence-electron chi connectivity index (χ0n) is 14.2. The summed E-state index contributed by atoms with van der Waals surface area (Å²) in [6.07, 6.45) is 3.13. The zero-order chi connectivity index (χ0) is 16.2. The Morgan fingerprint density at radius 1 is 1.13 bits per heavy atom. The maximum absolute atomic E-state index is 4.63. The maximum Gasteiger partial charge on any atom is 0.130 e. The molecule has 3 rings (SSSR count). The molecule has 1 aliphatic rings. The van der Waals surface area contributed by atoms with Gasteiger partial charge in [0.15, 0.2) is 0 Å². The van der Waals surface area contributed by atoms with E-state index in [1.54, 1.807) is 0 Å². The van der Waals surface area contributed by atoms with Gasteiger partial charge in [-0.2, -0.15) is 0 Å². The van der Waals surface area contributed by atoms with Gasteiger partial charge in [-0.25, -0.2) is 15.0 Å². The van der Waals surface area contributed by atoms with Crippen molar-refractivity contribution in [3.8, 4) is 0 Å². The highest BCUT2D eigenvalue weighted by Crippen LogP contribution is 2.20. The van der Waals surface area contributed by atoms with Gasteiger partial charge < -0.3 is 10.2 Å². The van der Waals surface area contributed by atoms with Gasteiger partial charge in [-0.3, -0.25) is 0 Å². The van der Waals surface area contributed by atoms with Gasteiger partial charge in [0.05, 0.1) is 0 Å². The highest BCUT2D eigenvalue weighted by Gasteiger charge is 2.20. The van der Waals surface area contributed by atoms with E-state index in [1.165, 1.54) is 0 Å². The first-order valence-electron chi connectivity index (χ1n) is 8.43. The molecule has 0 atom stereocenters. The Morgan fingerprint density at radius 2 is 1.91 bits per heavy atom. The van der Waals surface area contributed by atoms with Gasteiger partial charge >= 0.3 is 0 Å². The molecule has 1 aliphatic heterocycles. The second-order valence-corrected chi connectivity index (χ2v) is 6.19. The van der Waals surface area contributed by atoms with Crippen LogP contribution in [0.2, 0.25) is 0 Å². The molecule has 0 bridgehead atoms. The summed E-state index contributed by atoms with van der Waals surface area (Å²) in [7, 11) is 0. The van der Waals surface area contributed by atoms with Crippen LogP contribution in [0.4, 0.5) is 11.6 Å². The fourth-order valence-corrected chi connectivity index (χ4v) is 3.05. The normalized spacial score (nSPS) is 15.7. The molecule has 122 valence electrons. The quantitative estimate of drug-likeness (QED) is 0.940. The standard InChI is InChI=1S/C18H25N5/c1-4-15-12-17(21-14(3)20-15)22-16-8-10-23(11-9-16)18-7-5-6-13(2)19-18/h5-7,12,16H,4,8-11H2,1-3H3,(H,20,21,22). The largest absolute Gasteiger partial charge is 0.367 e. The smallest absolute Gasteiger partial charge is 0.130 e. The number of rotatable bonds is 4. The Kier molecular flexibility index (Phi) is 4.74. The Balaban J connectivity index is 1.60. The first-order chi connectivity index (χ1) is 11.1. The molecule has 0 radical (unpaired) electrons. The van der Waals surface area contributed by atoms with E-state index < -0.39 is 0 Å².